The van der Waals surface area contributed by atoms with Gasteiger partial charge in [-0.1, -0.05) is 0 Å². The molecule has 0 unspecified atom stereocenters. The Morgan fingerprint density at radius 1 is 1.47 bits per heavy atom. The third kappa shape index (κ3) is 4.18. The molecule has 158 valence electrons. The van der Waals surface area contributed by atoms with Gasteiger partial charge in [0.2, 0.25) is 0 Å². The van der Waals surface area contributed by atoms with Crippen LogP contribution in [0.3, 0.4) is 0 Å². The molecule has 1 aliphatic heterocycles. The largest absolute Gasteiger partial charge is 0.465 e. The van der Waals surface area contributed by atoms with Crippen LogP contribution in [0.15, 0.2) is 36.8 Å². The Morgan fingerprint density at radius 3 is 3.13 bits per heavy atom. The molecule has 0 aliphatic carbocycles. The molecule has 4 rings (SSSR count). The van der Waals surface area contributed by atoms with Crippen molar-refractivity contribution in [3.05, 3.63) is 36.8 Å². The number of amides is 1. The third-order valence-corrected chi connectivity index (χ3v) is 5.16. The molecule has 30 heavy (non-hydrogen) atoms. The number of nitrogens with one attached hydrogen (secondary N) is 1. The van der Waals surface area contributed by atoms with Crippen LogP contribution in [-0.4, -0.2) is 68.3 Å². The number of piperidine rings is 1. The van der Waals surface area contributed by atoms with Crippen molar-refractivity contribution in [3.63, 3.8) is 0 Å². The minimum Gasteiger partial charge on any atom is -0.465 e. The summed E-state index contributed by atoms with van der Waals surface area (Å²) in [6.45, 7) is 0.476. The lowest BCUT2D eigenvalue weighted by atomic mass is 9.95. The lowest BCUT2D eigenvalue weighted by molar-refractivity contribution is 0.0537. The van der Waals surface area contributed by atoms with Gasteiger partial charge < -0.3 is 20.1 Å². The van der Waals surface area contributed by atoms with Crippen molar-refractivity contribution in [2.75, 3.05) is 32.1 Å². The number of halogens is 1. The number of alkyl halides is 1. The molecule has 1 saturated heterocycles. The Kier molecular flexibility index (Phi) is 5.49. The first-order valence-corrected chi connectivity index (χ1v) is 9.66. The van der Waals surface area contributed by atoms with E-state index in [9.17, 15) is 9.90 Å². The van der Waals surface area contributed by atoms with Crippen molar-refractivity contribution in [2.45, 2.75) is 25.2 Å². The highest BCUT2D eigenvalue weighted by Crippen LogP contribution is 2.29. The fraction of sp³-hybridized carbons (Fsp3) is 0.400. The quantitative estimate of drug-likeness (QED) is 0.639. The standard InChI is InChI=1S/C20H23FN6O3/c1-30-13-27-10-14(9-24-27)16-8-17-15(4-2-6-22-17)18(25-16)23-11-20(21)5-3-7-26(12-20)19(28)29/h2,4,6,8-10H,3,5,7,11-13H2,1H3,(H,23,25)(H,28,29)/t20-/m1/s1. The monoisotopic (exact) mass is 414 g/mol. The lowest BCUT2D eigenvalue weighted by Crippen LogP contribution is -2.50. The first-order chi connectivity index (χ1) is 14.5. The van der Waals surface area contributed by atoms with Gasteiger partial charge in [-0.3, -0.25) is 4.98 Å². The van der Waals surface area contributed by atoms with Crippen LogP contribution in [0.25, 0.3) is 22.2 Å². The zero-order valence-electron chi connectivity index (χ0n) is 16.6. The molecule has 0 saturated carbocycles. The van der Waals surface area contributed by atoms with E-state index >= 15 is 4.39 Å². The van der Waals surface area contributed by atoms with E-state index in [-0.39, 0.29) is 13.1 Å². The number of methoxy groups -OCH3 is 1. The Balaban J connectivity index is 1.62. The van der Waals surface area contributed by atoms with Gasteiger partial charge in [-0.05, 0) is 31.0 Å². The van der Waals surface area contributed by atoms with E-state index in [0.717, 1.165) is 15.8 Å². The molecule has 1 fully saturated rings. The van der Waals surface area contributed by atoms with Gasteiger partial charge >= 0.3 is 6.09 Å². The number of carbonyl (C=O) groups is 1. The maximum atomic E-state index is 15.3. The number of pyridine rings is 2. The summed E-state index contributed by atoms with van der Waals surface area (Å²) in [7, 11) is 1.59. The van der Waals surface area contributed by atoms with Crippen LogP contribution in [0.2, 0.25) is 0 Å². The topological polar surface area (TPSA) is 105 Å². The molecule has 1 amide bonds. The van der Waals surface area contributed by atoms with Crippen LogP contribution in [0.1, 0.15) is 12.8 Å². The lowest BCUT2D eigenvalue weighted by Gasteiger charge is -2.36. The predicted octanol–water partition coefficient (Wildman–Crippen LogP) is 2.99. The molecule has 0 aromatic carbocycles. The van der Waals surface area contributed by atoms with Crippen LogP contribution in [0, 0.1) is 0 Å². The molecule has 9 nitrogen and oxygen atoms in total. The molecule has 0 spiro atoms. The summed E-state index contributed by atoms with van der Waals surface area (Å²) in [6, 6.07) is 5.52. The second-order valence-electron chi connectivity index (χ2n) is 7.42. The zero-order valence-corrected chi connectivity index (χ0v) is 16.6. The van der Waals surface area contributed by atoms with E-state index in [1.807, 2.05) is 18.3 Å². The number of nitrogens with zero attached hydrogens (tertiary/aromatic N) is 5. The Morgan fingerprint density at radius 2 is 2.33 bits per heavy atom. The number of hydrogen-bond donors (Lipinski definition) is 2. The number of rotatable bonds is 6. The van der Waals surface area contributed by atoms with Crippen LogP contribution >= 0.6 is 0 Å². The maximum Gasteiger partial charge on any atom is 0.407 e. The Labute approximate surface area is 172 Å². The summed E-state index contributed by atoms with van der Waals surface area (Å²) in [6.07, 6.45) is 4.87. The first kappa shape index (κ1) is 20.0. The summed E-state index contributed by atoms with van der Waals surface area (Å²) in [5, 5.41) is 17.3. The highest BCUT2D eigenvalue weighted by Gasteiger charge is 2.37. The average Bonchev–Trinajstić information content (AvgIpc) is 3.21. The summed E-state index contributed by atoms with van der Waals surface area (Å²) < 4.78 is 22.1. The number of anilines is 1. The third-order valence-electron chi connectivity index (χ3n) is 5.16. The minimum atomic E-state index is -1.66. The Hall–Kier alpha value is -3.27. The molecule has 1 atom stereocenters. The molecule has 1 aliphatic rings. The van der Waals surface area contributed by atoms with Gasteiger partial charge in [0.05, 0.1) is 30.5 Å². The summed E-state index contributed by atoms with van der Waals surface area (Å²) in [4.78, 5) is 21.4. The summed E-state index contributed by atoms with van der Waals surface area (Å²) in [5.74, 6) is 0.500. The predicted molar refractivity (Wildman–Crippen MR) is 109 cm³/mol. The van der Waals surface area contributed by atoms with Crippen LogP contribution in [0.4, 0.5) is 15.0 Å². The molecule has 4 heterocycles. The van der Waals surface area contributed by atoms with Crippen LogP contribution in [0.5, 0.6) is 0 Å². The van der Waals surface area contributed by atoms with E-state index in [1.54, 1.807) is 30.3 Å². The summed E-state index contributed by atoms with van der Waals surface area (Å²) >= 11 is 0. The molecule has 0 bridgehead atoms. The fourth-order valence-electron chi connectivity index (χ4n) is 3.69. The number of hydrogen-bond acceptors (Lipinski definition) is 6. The van der Waals surface area contributed by atoms with Gasteiger partial charge in [-0.15, -0.1) is 0 Å². The molecule has 3 aromatic heterocycles. The van der Waals surface area contributed by atoms with Crippen molar-refractivity contribution in [3.8, 4) is 11.3 Å². The van der Waals surface area contributed by atoms with Gasteiger partial charge in [0.25, 0.3) is 0 Å². The number of fused-ring (bicyclic) bond motifs is 1. The summed E-state index contributed by atoms with van der Waals surface area (Å²) in [5.41, 5.74) is 0.488. The van der Waals surface area contributed by atoms with E-state index in [2.05, 4.69) is 20.4 Å². The molecule has 3 aromatic rings. The molecular weight excluding hydrogens is 391 g/mol. The average molecular weight is 414 g/mol. The molecule has 0 radical (unpaired) electrons. The van der Waals surface area contributed by atoms with E-state index in [0.29, 0.717) is 43.1 Å². The van der Waals surface area contributed by atoms with Gasteiger partial charge in [-0.25, -0.2) is 18.9 Å². The van der Waals surface area contributed by atoms with Crippen molar-refractivity contribution in [1.82, 2.24) is 24.6 Å². The van der Waals surface area contributed by atoms with E-state index < -0.39 is 11.8 Å². The molecule has 10 heteroatoms. The highest BCUT2D eigenvalue weighted by molar-refractivity contribution is 5.91. The SMILES string of the molecule is COCn1cc(-c2cc3ncccc3c(NC[C@]3(F)CCCN(C(=O)O)C3)n2)cn1. The smallest absolute Gasteiger partial charge is 0.407 e. The Bertz CT molecular complexity index is 1060. The van der Waals surface area contributed by atoms with Crippen molar-refractivity contribution >= 4 is 22.8 Å². The second-order valence-corrected chi connectivity index (χ2v) is 7.42. The zero-order chi connectivity index (χ0) is 21.1. The maximum absolute atomic E-state index is 15.3. The van der Waals surface area contributed by atoms with Gasteiger partial charge in [0, 0.05) is 37.0 Å². The second kappa shape index (κ2) is 8.23. The van der Waals surface area contributed by atoms with Gasteiger partial charge in [0.15, 0.2) is 0 Å². The van der Waals surface area contributed by atoms with E-state index in [1.165, 1.54) is 0 Å². The number of likely N-dealkylation sites (tertiary alicyclic amines) is 1. The van der Waals surface area contributed by atoms with Gasteiger partial charge in [0.1, 0.15) is 18.2 Å². The number of aromatic nitrogens is 4. The molecular formula is C20H23FN6O3. The van der Waals surface area contributed by atoms with Crippen LogP contribution < -0.4 is 5.32 Å². The molecule has 2 N–H and O–H groups in total. The highest BCUT2D eigenvalue weighted by atomic mass is 19.1. The van der Waals surface area contributed by atoms with Crippen molar-refractivity contribution in [1.29, 1.82) is 0 Å². The number of carboxylic acid groups (broad SMARTS) is 1. The van der Waals surface area contributed by atoms with Crippen molar-refractivity contribution in [2.24, 2.45) is 0 Å². The van der Waals surface area contributed by atoms with Crippen LogP contribution in [-0.2, 0) is 11.5 Å². The normalized spacial score (nSPS) is 19.2. The van der Waals surface area contributed by atoms with E-state index in [4.69, 9.17) is 4.74 Å². The number of ether oxygens (including phenoxy) is 1. The fourth-order valence-corrected chi connectivity index (χ4v) is 3.69. The first-order valence-electron chi connectivity index (χ1n) is 9.66. The van der Waals surface area contributed by atoms with Crippen molar-refractivity contribution < 1.29 is 19.0 Å². The minimum absolute atomic E-state index is 0.0415. The van der Waals surface area contributed by atoms with Gasteiger partial charge in [-0.2, -0.15) is 5.10 Å².